The SMILES string of the molecule is CCOC(=O)C(F)C(O)c1cc(Br)ccc1OC. The quantitative estimate of drug-likeness (QED) is 0.846. The number of esters is 1. The zero-order chi connectivity index (χ0) is 13.7. The highest BCUT2D eigenvalue weighted by Gasteiger charge is 2.31. The third kappa shape index (κ3) is 3.43. The first-order valence-corrected chi connectivity index (χ1v) is 6.12. The highest BCUT2D eigenvalue weighted by Crippen LogP contribution is 2.31. The number of alkyl halides is 1. The van der Waals surface area contributed by atoms with E-state index in [1.807, 2.05) is 0 Å². The fourth-order valence-corrected chi connectivity index (χ4v) is 1.82. The van der Waals surface area contributed by atoms with Crippen LogP contribution >= 0.6 is 15.9 Å². The normalized spacial score (nSPS) is 13.8. The number of rotatable bonds is 5. The first-order chi connectivity index (χ1) is 8.51. The summed E-state index contributed by atoms with van der Waals surface area (Å²) < 4.78 is 23.9. The van der Waals surface area contributed by atoms with E-state index in [0.29, 0.717) is 10.2 Å². The zero-order valence-electron chi connectivity index (χ0n) is 10.0. The van der Waals surface area contributed by atoms with Crippen LogP contribution in [0.4, 0.5) is 4.39 Å². The summed E-state index contributed by atoms with van der Waals surface area (Å²) in [6, 6.07) is 4.75. The number of aliphatic hydroxyl groups excluding tert-OH is 1. The maximum Gasteiger partial charge on any atom is 0.343 e. The minimum atomic E-state index is -2.15. The van der Waals surface area contributed by atoms with E-state index in [1.165, 1.54) is 13.2 Å². The lowest BCUT2D eigenvalue weighted by Crippen LogP contribution is -2.26. The number of ether oxygens (including phenoxy) is 2. The second-order valence-electron chi connectivity index (χ2n) is 3.48. The average Bonchev–Trinajstić information content (AvgIpc) is 2.37. The van der Waals surface area contributed by atoms with E-state index in [4.69, 9.17) is 4.74 Å². The molecule has 0 spiro atoms. The third-order valence-corrected chi connectivity index (χ3v) is 2.79. The van der Waals surface area contributed by atoms with Crippen LogP contribution in [0, 0.1) is 0 Å². The smallest absolute Gasteiger partial charge is 0.343 e. The van der Waals surface area contributed by atoms with Crippen LogP contribution in [0.1, 0.15) is 18.6 Å². The molecule has 1 aromatic rings. The summed E-state index contributed by atoms with van der Waals surface area (Å²) in [6.07, 6.45) is -3.77. The van der Waals surface area contributed by atoms with Gasteiger partial charge in [0.25, 0.3) is 0 Å². The van der Waals surface area contributed by atoms with Gasteiger partial charge in [0, 0.05) is 10.0 Å². The van der Waals surface area contributed by atoms with Gasteiger partial charge in [-0.1, -0.05) is 15.9 Å². The third-order valence-electron chi connectivity index (χ3n) is 2.30. The molecule has 0 saturated carbocycles. The van der Waals surface area contributed by atoms with Gasteiger partial charge in [-0.3, -0.25) is 0 Å². The van der Waals surface area contributed by atoms with Crippen molar-refractivity contribution in [2.24, 2.45) is 0 Å². The fourth-order valence-electron chi connectivity index (χ4n) is 1.44. The second-order valence-corrected chi connectivity index (χ2v) is 4.40. The molecular formula is C12H14BrFO4. The van der Waals surface area contributed by atoms with E-state index in [2.05, 4.69) is 20.7 Å². The van der Waals surface area contributed by atoms with E-state index in [-0.39, 0.29) is 12.2 Å². The molecule has 100 valence electrons. The van der Waals surface area contributed by atoms with Crippen LogP contribution in [0.3, 0.4) is 0 Å². The van der Waals surface area contributed by atoms with Gasteiger partial charge in [0.05, 0.1) is 13.7 Å². The molecule has 0 aromatic heterocycles. The van der Waals surface area contributed by atoms with Crippen molar-refractivity contribution < 1.29 is 23.8 Å². The minimum Gasteiger partial charge on any atom is -0.496 e. The van der Waals surface area contributed by atoms with Gasteiger partial charge in [0.2, 0.25) is 6.17 Å². The van der Waals surface area contributed by atoms with E-state index >= 15 is 0 Å². The Morgan fingerprint density at radius 2 is 2.22 bits per heavy atom. The van der Waals surface area contributed by atoms with E-state index in [9.17, 15) is 14.3 Å². The average molecular weight is 321 g/mol. The molecule has 0 heterocycles. The standard InChI is InChI=1S/C12H14BrFO4/c1-3-18-12(16)10(14)11(15)8-6-7(13)4-5-9(8)17-2/h4-6,10-11,15H,3H2,1-2H3. The predicted molar refractivity (Wildman–Crippen MR) is 67.2 cm³/mol. The second kappa shape index (κ2) is 6.70. The van der Waals surface area contributed by atoms with Crippen molar-refractivity contribution in [1.82, 2.24) is 0 Å². The van der Waals surface area contributed by atoms with Crippen LogP contribution in [-0.2, 0) is 9.53 Å². The van der Waals surface area contributed by atoms with Crippen molar-refractivity contribution in [2.45, 2.75) is 19.2 Å². The van der Waals surface area contributed by atoms with Gasteiger partial charge in [-0.05, 0) is 25.1 Å². The first-order valence-electron chi connectivity index (χ1n) is 5.33. The molecule has 0 aliphatic carbocycles. The Bertz CT molecular complexity index is 425. The zero-order valence-corrected chi connectivity index (χ0v) is 11.6. The molecule has 1 N–H and O–H groups in total. The highest BCUT2D eigenvalue weighted by molar-refractivity contribution is 9.10. The molecule has 1 aromatic carbocycles. The summed E-state index contributed by atoms with van der Waals surface area (Å²) in [6.45, 7) is 1.62. The van der Waals surface area contributed by atoms with Gasteiger partial charge in [-0.25, -0.2) is 9.18 Å². The van der Waals surface area contributed by atoms with Crippen LogP contribution in [0.15, 0.2) is 22.7 Å². The molecule has 0 radical (unpaired) electrons. The predicted octanol–water partition coefficient (Wildman–Crippen LogP) is 2.39. The van der Waals surface area contributed by atoms with Crippen molar-refractivity contribution in [3.8, 4) is 5.75 Å². The maximum atomic E-state index is 13.7. The lowest BCUT2D eigenvalue weighted by atomic mass is 10.0. The lowest BCUT2D eigenvalue weighted by Gasteiger charge is -2.17. The summed E-state index contributed by atoms with van der Waals surface area (Å²) in [5, 5.41) is 9.85. The molecule has 6 heteroatoms. The van der Waals surface area contributed by atoms with Crippen molar-refractivity contribution in [3.05, 3.63) is 28.2 Å². The first kappa shape index (κ1) is 14.9. The number of aliphatic hydroxyl groups is 1. The van der Waals surface area contributed by atoms with Crippen LogP contribution in [-0.4, -0.2) is 31.0 Å². The molecule has 18 heavy (non-hydrogen) atoms. The Morgan fingerprint density at radius 3 is 2.78 bits per heavy atom. The Hall–Kier alpha value is -1.14. The van der Waals surface area contributed by atoms with Crippen LogP contribution in [0.2, 0.25) is 0 Å². The lowest BCUT2D eigenvalue weighted by molar-refractivity contribution is -0.153. The largest absolute Gasteiger partial charge is 0.496 e. The molecule has 2 unspecified atom stereocenters. The summed E-state index contributed by atoms with van der Waals surface area (Å²) in [7, 11) is 1.40. The van der Waals surface area contributed by atoms with E-state index in [0.717, 1.165) is 0 Å². The molecule has 0 saturated heterocycles. The Kier molecular flexibility index (Phi) is 5.55. The fraction of sp³-hybridized carbons (Fsp3) is 0.417. The maximum absolute atomic E-state index is 13.7. The molecule has 0 fully saturated rings. The molecule has 0 amide bonds. The van der Waals surface area contributed by atoms with Gasteiger partial charge >= 0.3 is 5.97 Å². The highest BCUT2D eigenvalue weighted by atomic mass is 79.9. The summed E-state index contributed by atoms with van der Waals surface area (Å²) in [4.78, 5) is 11.2. The van der Waals surface area contributed by atoms with Crippen molar-refractivity contribution >= 4 is 21.9 Å². The summed E-state index contributed by atoms with van der Waals surface area (Å²) in [5.41, 5.74) is 0.187. The molecule has 0 aliphatic heterocycles. The van der Waals surface area contributed by atoms with Gasteiger partial charge < -0.3 is 14.6 Å². The van der Waals surface area contributed by atoms with Gasteiger partial charge in [0.15, 0.2) is 0 Å². The van der Waals surface area contributed by atoms with Gasteiger partial charge in [0.1, 0.15) is 11.9 Å². The molecular weight excluding hydrogens is 307 g/mol. The number of hydrogen-bond donors (Lipinski definition) is 1. The molecule has 0 bridgehead atoms. The number of hydrogen-bond acceptors (Lipinski definition) is 4. The number of carbonyl (C=O) groups excluding carboxylic acids is 1. The Morgan fingerprint density at radius 1 is 1.56 bits per heavy atom. The molecule has 4 nitrogen and oxygen atoms in total. The van der Waals surface area contributed by atoms with Crippen molar-refractivity contribution in [1.29, 1.82) is 0 Å². The monoisotopic (exact) mass is 320 g/mol. The van der Waals surface area contributed by atoms with Crippen molar-refractivity contribution in [2.75, 3.05) is 13.7 Å². The Labute approximate surface area is 113 Å². The van der Waals surface area contributed by atoms with Crippen LogP contribution in [0.5, 0.6) is 5.75 Å². The van der Waals surface area contributed by atoms with Gasteiger partial charge in [-0.2, -0.15) is 0 Å². The Balaban J connectivity index is 2.98. The van der Waals surface area contributed by atoms with Crippen LogP contribution in [0.25, 0.3) is 0 Å². The van der Waals surface area contributed by atoms with Crippen molar-refractivity contribution in [3.63, 3.8) is 0 Å². The summed E-state index contributed by atoms with van der Waals surface area (Å²) in [5.74, 6) is -0.787. The van der Waals surface area contributed by atoms with Gasteiger partial charge in [-0.15, -0.1) is 0 Å². The molecule has 2 atom stereocenters. The van der Waals surface area contributed by atoms with E-state index < -0.39 is 18.2 Å². The topological polar surface area (TPSA) is 55.8 Å². The number of halogens is 2. The number of benzene rings is 1. The molecule has 1 rings (SSSR count). The van der Waals surface area contributed by atoms with E-state index in [1.54, 1.807) is 19.1 Å². The minimum absolute atomic E-state index is 0.0571. The number of methoxy groups -OCH3 is 1. The summed E-state index contributed by atoms with van der Waals surface area (Å²) >= 11 is 3.21. The van der Waals surface area contributed by atoms with Crippen LogP contribution < -0.4 is 4.74 Å². The number of carbonyl (C=O) groups is 1. The molecule has 0 aliphatic rings.